The lowest BCUT2D eigenvalue weighted by molar-refractivity contribution is -0.384. The van der Waals surface area contributed by atoms with Crippen molar-refractivity contribution in [2.75, 3.05) is 4.42 Å². The average Bonchev–Trinajstić information content (AvgIpc) is 2.25. The van der Waals surface area contributed by atoms with E-state index in [9.17, 15) is 14.9 Å². The van der Waals surface area contributed by atoms with Gasteiger partial charge in [0.1, 0.15) is 22.6 Å². The number of rotatable bonds is 2. The first kappa shape index (κ1) is 15.5. The van der Waals surface area contributed by atoms with E-state index in [4.69, 9.17) is 28.1 Å². The van der Waals surface area contributed by atoms with Crippen molar-refractivity contribution < 1.29 is 14.5 Å². The number of carbonyl (C=O) groups excluding carboxylic acids is 1. The number of pyridine rings is 1. The van der Waals surface area contributed by atoms with E-state index in [-0.39, 0.29) is 10.8 Å². The number of hydrogen-bond acceptors (Lipinski definition) is 5. The molecule has 0 aliphatic carbocycles. The second-order valence-corrected chi connectivity index (χ2v) is 5.24. The zero-order valence-corrected chi connectivity index (χ0v) is 11.9. The van der Waals surface area contributed by atoms with Crippen LogP contribution in [-0.2, 0) is 4.74 Å². The van der Waals surface area contributed by atoms with E-state index in [2.05, 4.69) is 4.98 Å². The number of hydrogen-bond donors (Lipinski definition) is 0. The number of nitro groups is 1. The molecule has 104 valence electrons. The average molecular weight is 308 g/mol. The Morgan fingerprint density at radius 1 is 1.53 bits per heavy atom. The highest BCUT2D eigenvalue weighted by atomic mass is 35.5. The minimum Gasteiger partial charge on any atom is -0.443 e. The fraction of sp³-hybridized carbons (Fsp3) is 0.400. The van der Waals surface area contributed by atoms with Crippen molar-refractivity contribution in [3.63, 3.8) is 0 Å². The molecule has 0 N–H and O–H groups in total. The lowest BCUT2D eigenvalue weighted by atomic mass is 10.2. The Kier molecular flexibility index (Phi) is 4.54. The van der Waals surface area contributed by atoms with Crippen LogP contribution in [0.25, 0.3) is 0 Å². The highest BCUT2D eigenvalue weighted by molar-refractivity contribution is 6.36. The monoisotopic (exact) mass is 307 g/mol. The van der Waals surface area contributed by atoms with Crippen LogP contribution in [0, 0.1) is 10.1 Å². The van der Waals surface area contributed by atoms with Gasteiger partial charge in [-0.2, -0.15) is 4.42 Å². The summed E-state index contributed by atoms with van der Waals surface area (Å²) in [6.07, 6.45) is -0.0308. The molecule has 0 radical (unpaired) electrons. The van der Waals surface area contributed by atoms with Crippen molar-refractivity contribution in [2.24, 2.45) is 0 Å². The van der Waals surface area contributed by atoms with Crippen LogP contribution in [0.2, 0.25) is 5.15 Å². The Hall–Kier alpha value is -1.60. The molecule has 0 aliphatic rings. The van der Waals surface area contributed by atoms with E-state index < -0.39 is 22.3 Å². The molecule has 0 unspecified atom stereocenters. The molecule has 0 aliphatic heterocycles. The number of nitrogens with zero attached hydrogens (tertiary/aromatic N) is 3. The number of ether oxygens (including phenoxy) is 1. The standard InChI is InChI=1S/C10H11Cl2N3O4/c1-10(2,3)19-9(16)14(12)6-4-8(11)13-5-7(6)15(17)18/h4-5H,1-3H3. The third-order valence-corrected chi connectivity index (χ3v) is 2.32. The maximum Gasteiger partial charge on any atom is 0.430 e. The van der Waals surface area contributed by atoms with Crippen molar-refractivity contribution >= 4 is 40.8 Å². The van der Waals surface area contributed by atoms with E-state index in [0.717, 1.165) is 12.3 Å². The third kappa shape index (κ3) is 4.22. The van der Waals surface area contributed by atoms with Gasteiger partial charge in [-0.15, -0.1) is 0 Å². The lowest BCUT2D eigenvalue weighted by Crippen LogP contribution is -2.31. The third-order valence-electron chi connectivity index (χ3n) is 1.79. The molecule has 1 aromatic rings. The summed E-state index contributed by atoms with van der Waals surface area (Å²) in [5, 5.41) is 10.8. The van der Waals surface area contributed by atoms with Crippen LogP contribution in [-0.4, -0.2) is 21.6 Å². The molecule has 0 fully saturated rings. The SMILES string of the molecule is CC(C)(C)OC(=O)N(Cl)c1cc(Cl)ncc1[N+](=O)[O-]. The summed E-state index contributed by atoms with van der Waals surface area (Å²) in [6.45, 7) is 4.93. The number of amides is 1. The predicted octanol–water partition coefficient (Wildman–Crippen LogP) is 3.54. The fourth-order valence-electron chi connectivity index (χ4n) is 1.11. The Morgan fingerprint density at radius 2 is 2.11 bits per heavy atom. The summed E-state index contributed by atoms with van der Waals surface area (Å²) in [5.74, 6) is 0. The molecule has 9 heteroatoms. The van der Waals surface area contributed by atoms with Gasteiger partial charge in [0.2, 0.25) is 0 Å². The molecule has 0 aromatic carbocycles. The van der Waals surface area contributed by atoms with Crippen molar-refractivity contribution in [1.82, 2.24) is 4.98 Å². The summed E-state index contributed by atoms with van der Waals surface area (Å²) < 4.78 is 5.49. The molecular formula is C10H11Cl2N3O4. The van der Waals surface area contributed by atoms with E-state index in [1.165, 1.54) is 0 Å². The quantitative estimate of drug-likeness (QED) is 0.361. The number of halogens is 2. The molecule has 1 aromatic heterocycles. The first-order valence-electron chi connectivity index (χ1n) is 5.10. The Morgan fingerprint density at radius 3 is 2.58 bits per heavy atom. The van der Waals surface area contributed by atoms with Crippen molar-refractivity contribution in [1.29, 1.82) is 0 Å². The maximum absolute atomic E-state index is 11.7. The van der Waals surface area contributed by atoms with Gasteiger partial charge in [0.25, 0.3) is 0 Å². The highest BCUT2D eigenvalue weighted by Crippen LogP contribution is 2.31. The summed E-state index contributed by atoms with van der Waals surface area (Å²) in [5.41, 5.74) is -1.44. The molecule has 19 heavy (non-hydrogen) atoms. The van der Waals surface area contributed by atoms with Crippen LogP contribution in [0.5, 0.6) is 0 Å². The molecular weight excluding hydrogens is 297 g/mol. The fourth-order valence-corrected chi connectivity index (χ4v) is 1.43. The van der Waals surface area contributed by atoms with E-state index in [1.54, 1.807) is 20.8 Å². The second kappa shape index (κ2) is 5.58. The minimum atomic E-state index is -0.945. The summed E-state index contributed by atoms with van der Waals surface area (Å²) in [6, 6.07) is 1.11. The van der Waals surface area contributed by atoms with Crippen molar-refractivity contribution in [3.8, 4) is 0 Å². The van der Waals surface area contributed by atoms with E-state index in [1.807, 2.05) is 0 Å². The van der Waals surface area contributed by atoms with Gasteiger partial charge in [-0.3, -0.25) is 10.1 Å². The van der Waals surface area contributed by atoms with Crippen molar-refractivity contribution in [3.05, 3.63) is 27.5 Å². The van der Waals surface area contributed by atoms with Gasteiger partial charge in [-0.1, -0.05) is 11.6 Å². The van der Waals surface area contributed by atoms with Gasteiger partial charge < -0.3 is 4.74 Å². The first-order valence-corrected chi connectivity index (χ1v) is 5.82. The van der Waals surface area contributed by atoms with Crippen LogP contribution >= 0.6 is 23.4 Å². The number of anilines is 1. The van der Waals surface area contributed by atoms with Crippen LogP contribution in [0.15, 0.2) is 12.3 Å². The van der Waals surface area contributed by atoms with Crippen LogP contribution in [0.3, 0.4) is 0 Å². The predicted molar refractivity (Wildman–Crippen MR) is 70.5 cm³/mol. The Balaban J connectivity index is 3.11. The molecule has 0 spiro atoms. The van der Waals surface area contributed by atoms with E-state index >= 15 is 0 Å². The van der Waals surface area contributed by atoms with Crippen LogP contribution in [0.4, 0.5) is 16.2 Å². The molecule has 0 saturated carbocycles. The second-order valence-electron chi connectivity index (χ2n) is 4.51. The summed E-state index contributed by atoms with van der Waals surface area (Å²) >= 11 is 11.4. The molecule has 0 bridgehead atoms. The van der Waals surface area contributed by atoms with Crippen LogP contribution < -0.4 is 4.42 Å². The van der Waals surface area contributed by atoms with Gasteiger partial charge in [0, 0.05) is 17.8 Å². The summed E-state index contributed by atoms with van der Waals surface area (Å²) in [7, 11) is 0. The topological polar surface area (TPSA) is 85.6 Å². The smallest absolute Gasteiger partial charge is 0.430 e. The molecule has 1 heterocycles. The first-order chi connectivity index (χ1) is 8.61. The van der Waals surface area contributed by atoms with Crippen molar-refractivity contribution in [2.45, 2.75) is 26.4 Å². The number of carbonyl (C=O) groups is 1. The Labute approximate surface area is 119 Å². The normalized spacial score (nSPS) is 11.0. The molecule has 7 nitrogen and oxygen atoms in total. The molecule has 0 saturated heterocycles. The van der Waals surface area contributed by atoms with Gasteiger partial charge >= 0.3 is 11.8 Å². The van der Waals surface area contributed by atoms with Crippen LogP contribution in [0.1, 0.15) is 20.8 Å². The molecule has 0 atom stereocenters. The highest BCUT2D eigenvalue weighted by Gasteiger charge is 2.28. The zero-order valence-electron chi connectivity index (χ0n) is 10.4. The van der Waals surface area contributed by atoms with Gasteiger partial charge in [0.05, 0.1) is 4.92 Å². The number of aromatic nitrogens is 1. The maximum atomic E-state index is 11.7. The van der Waals surface area contributed by atoms with Gasteiger partial charge in [-0.25, -0.2) is 9.78 Å². The minimum absolute atomic E-state index is 0.0326. The largest absolute Gasteiger partial charge is 0.443 e. The van der Waals surface area contributed by atoms with Gasteiger partial charge in [0.15, 0.2) is 0 Å². The summed E-state index contributed by atoms with van der Waals surface area (Å²) in [4.78, 5) is 25.4. The molecule has 1 rings (SSSR count). The van der Waals surface area contributed by atoms with Gasteiger partial charge in [-0.05, 0) is 20.8 Å². The van der Waals surface area contributed by atoms with E-state index in [0.29, 0.717) is 4.42 Å². The Bertz CT molecular complexity index is 516. The lowest BCUT2D eigenvalue weighted by Gasteiger charge is -2.22. The zero-order chi connectivity index (χ0) is 14.8. The molecule has 1 amide bonds.